The Morgan fingerprint density at radius 2 is 2.25 bits per heavy atom. The lowest BCUT2D eigenvalue weighted by atomic mass is 10.1. The number of pyridine rings is 1. The SMILES string of the molecule is CNc1cc(COC)nc2c(F)cccc12. The van der Waals surface area contributed by atoms with Crippen LogP contribution in [0.3, 0.4) is 0 Å². The number of hydrogen-bond acceptors (Lipinski definition) is 3. The van der Waals surface area contributed by atoms with Gasteiger partial charge < -0.3 is 10.1 Å². The van der Waals surface area contributed by atoms with Crippen molar-refractivity contribution in [2.45, 2.75) is 6.61 Å². The van der Waals surface area contributed by atoms with Crippen LogP contribution in [0.4, 0.5) is 10.1 Å². The second-order valence-electron chi connectivity index (χ2n) is 3.48. The van der Waals surface area contributed by atoms with Crippen molar-refractivity contribution in [3.8, 4) is 0 Å². The number of hydrogen-bond donors (Lipinski definition) is 1. The lowest BCUT2D eigenvalue weighted by Crippen LogP contribution is -1.99. The molecule has 0 amide bonds. The number of ether oxygens (including phenoxy) is 1. The highest BCUT2D eigenvalue weighted by atomic mass is 19.1. The number of benzene rings is 1. The van der Waals surface area contributed by atoms with Gasteiger partial charge in [-0.15, -0.1) is 0 Å². The first-order valence-corrected chi connectivity index (χ1v) is 5.01. The highest BCUT2D eigenvalue weighted by molar-refractivity contribution is 5.91. The molecule has 0 aliphatic carbocycles. The molecular weight excluding hydrogens is 207 g/mol. The van der Waals surface area contributed by atoms with Crippen LogP contribution >= 0.6 is 0 Å². The molecule has 1 heterocycles. The molecular formula is C12H13FN2O. The van der Waals surface area contributed by atoms with Crippen LogP contribution in [-0.2, 0) is 11.3 Å². The average molecular weight is 220 g/mol. The molecule has 0 unspecified atom stereocenters. The third kappa shape index (κ3) is 1.84. The molecule has 0 fully saturated rings. The van der Waals surface area contributed by atoms with Crippen LogP contribution in [0.15, 0.2) is 24.3 Å². The summed E-state index contributed by atoms with van der Waals surface area (Å²) in [5, 5.41) is 3.81. The van der Waals surface area contributed by atoms with Crippen molar-refractivity contribution in [1.82, 2.24) is 4.98 Å². The van der Waals surface area contributed by atoms with E-state index in [1.165, 1.54) is 6.07 Å². The summed E-state index contributed by atoms with van der Waals surface area (Å²) in [6, 6.07) is 6.79. The van der Waals surface area contributed by atoms with E-state index in [9.17, 15) is 4.39 Å². The van der Waals surface area contributed by atoms with Crippen molar-refractivity contribution in [3.63, 3.8) is 0 Å². The van der Waals surface area contributed by atoms with Gasteiger partial charge >= 0.3 is 0 Å². The third-order valence-electron chi connectivity index (χ3n) is 2.40. The van der Waals surface area contributed by atoms with Crippen LogP contribution in [0.1, 0.15) is 5.69 Å². The fourth-order valence-electron chi connectivity index (χ4n) is 1.70. The van der Waals surface area contributed by atoms with Gasteiger partial charge in [0.2, 0.25) is 0 Å². The van der Waals surface area contributed by atoms with E-state index >= 15 is 0 Å². The molecule has 0 saturated heterocycles. The van der Waals surface area contributed by atoms with E-state index in [2.05, 4.69) is 10.3 Å². The third-order valence-corrected chi connectivity index (χ3v) is 2.40. The summed E-state index contributed by atoms with van der Waals surface area (Å²) in [5.74, 6) is -0.313. The van der Waals surface area contributed by atoms with Gasteiger partial charge in [0.15, 0.2) is 0 Å². The van der Waals surface area contributed by atoms with Crippen molar-refractivity contribution in [2.24, 2.45) is 0 Å². The fourth-order valence-corrected chi connectivity index (χ4v) is 1.70. The fraction of sp³-hybridized carbons (Fsp3) is 0.250. The Balaban J connectivity index is 2.69. The van der Waals surface area contributed by atoms with Crippen LogP contribution in [0, 0.1) is 5.82 Å². The van der Waals surface area contributed by atoms with Crippen LogP contribution in [0.25, 0.3) is 10.9 Å². The number of rotatable bonds is 3. The molecule has 0 radical (unpaired) electrons. The second kappa shape index (κ2) is 4.45. The van der Waals surface area contributed by atoms with E-state index in [1.54, 1.807) is 20.2 Å². The highest BCUT2D eigenvalue weighted by Gasteiger charge is 2.08. The molecule has 0 aliphatic rings. The molecule has 0 bridgehead atoms. The van der Waals surface area contributed by atoms with Crippen LogP contribution < -0.4 is 5.32 Å². The Morgan fingerprint density at radius 3 is 2.94 bits per heavy atom. The first-order valence-electron chi connectivity index (χ1n) is 5.01. The lowest BCUT2D eigenvalue weighted by molar-refractivity contribution is 0.182. The molecule has 2 rings (SSSR count). The molecule has 4 heteroatoms. The Labute approximate surface area is 93.3 Å². The second-order valence-corrected chi connectivity index (χ2v) is 3.48. The minimum absolute atomic E-state index is 0.313. The van der Waals surface area contributed by atoms with Gasteiger partial charge in [0.25, 0.3) is 0 Å². The van der Waals surface area contributed by atoms with Crippen molar-refractivity contribution in [2.75, 3.05) is 19.5 Å². The van der Waals surface area contributed by atoms with Gasteiger partial charge in [0.05, 0.1) is 12.3 Å². The van der Waals surface area contributed by atoms with E-state index in [0.29, 0.717) is 17.8 Å². The summed E-state index contributed by atoms with van der Waals surface area (Å²) in [5.41, 5.74) is 1.95. The molecule has 1 aromatic carbocycles. The number of nitrogens with one attached hydrogen (secondary N) is 1. The zero-order chi connectivity index (χ0) is 11.5. The van der Waals surface area contributed by atoms with Crippen molar-refractivity contribution in [3.05, 3.63) is 35.8 Å². The maximum absolute atomic E-state index is 13.6. The van der Waals surface area contributed by atoms with Gasteiger partial charge in [0, 0.05) is 25.2 Å². The van der Waals surface area contributed by atoms with Gasteiger partial charge in [-0.2, -0.15) is 0 Å². The molecule has 3 nitrogen and oxygen atoms in total. The van der Waals surface area contributed by atoms with Crippen molar-refractivity contribution >= 4 is 16.6 Å². The number of aromatic nitrogens is 1. The first kappa shape index (κ1) is 10.8. The van der Waals surface area contributed by atoms with Gasteiger partial charge in [0.1, 0.15) is 11.3 Å². The average Bonchev–Trinajstić information content (AvgIpc) is 2.30. The number of nitrogens with zero attached hydrogens (tertiary/aromatic N) is 1. The Morgan fingerprint density at radius 1 is 1.44 bits per heavy atom. The summed E-state index contributed by atoms with van der Waals surface area (Å²) >= 11 is 0. The van der Waals surface area contributed by atoms with Crippen molar-refractivity contribution < 1.29 is 9.13 Å². The quantitative estimate of drug-likeness (QED) is 0.863. The molecule has 0 atom stereocenters. The summed E-state index contributed by atoms with van der Waals surface area (Å²) in [6.45, 7) is 0.374. The maximum Gasteiger partial charge on any atom is 0.149 e. The van der Waals surface area contributed by atoms with Gasteiger partial charge in [-0.3, -0.25) is 0 Å². The van der Waals surface area contributed by atoms with E-state index in [1.807, 2.05) is 12.1 Å². The zero-order valence-electron chi connectivity index (χ0n) is 9.25. The molecule has 2 aromatic rings. The van der Waals surface area contributed by atoms with E-state index in [0.717, 1.165) is 11.1 Å². The van der Waals surface area contributed by atoms with Gasteiger partial charge in [-0.25, -0.2) is 9.37 Å². The Bertz CT molecular complexity index is 514. The molecule has 0 aliphatic heterocycles. The zero-order valence-corrected chi connectivity index (χ0v) is 9.25. The summed E-state index contributed by atoms with van der Waals surface area (Å²) in [7, 11) is 3.39. The number of para-hydroxylation sites is 1. The predicted molar refractivity (Wildman–Crippen MR) is 62.0 cm³/mol. The number of methoxy groups -OCH3 is 1. The van der Waals surface area contributed by atoms with Crippen molar-refractivity contribution in [1.29, 1.82) is 0 Å². The van der Waals surface area contributed by atoms with E-state index < -0.39 is 0 Å². The number of anilines is 1. The van der Waals surface area contributed by atoms with Crippen LogP contribution in [0.2, 0.25) is 0 Å². The molecule has 16 heavy (non-hydrogen) atoms. The van der Waals surface area contributed by atoms with Gasteiger partial charge in [-0.1, -0.05) is 12.1 Å². The van der Waals surface area contributed by atoms with Crippen LogP contribution in [0.5, 0.6) is 0 Å². The molecule has 84 valence electrons. The summed E-state index contributed by atoms with van der Waals surface area (Å²) < 4.78 is 18.6. The van der Waals surface area contributed by atoms with Gasteiger partial charge in [-0.05, 0) is 12.1 Å². The van der Waals surface area contributed by atoms with E-state index in [-0.39, 0.29) is 5.82 Å². The van der Waals surface area contributed by atoms with E-state index in [4.69, 9.17) is 4.74 Å². The molecule has 0 spiro atoms. The number of fused-ring (bicyclic) bond motifs is 1. The molecule has 1 N–H and O–H groups in total. The lowest BCUT2D eigenvalue weighted by Gasteiger charge is -2.09. The topological polar surface area (TPSA) is 34.1 Å². The summed E-state index contributed by atoms with van der Waals surface area (Å²) in [6.07, 6.45) is 0. The minimum Gasteiger partial charge on any atom is -0.388 e. The highest BCUT2D eigenvalue weighted by Crippen LogP contribution is 2.24. The standard InChI is InChI=1S/C12H13FN2O/c1-14-11-6-8(7-16-2)15-12-9(11)4-3-5-10(12)13/h3-6H,7H2,1-2H3,(H,14,15). The summed E-state index contributed by atoms with van der Waals surface area (Å²) in [4.78, 5) is 4.23. The Hall–Kier alpha value is -1.68. The van der Waals surface area contributed by atoms with Crippen LogP contribution in [-0.4, -0.2) is 19.1 Å². The monoisotopic (exact) mass is 220 g/mol. The Kier molecular flexibility index (Phi) is 3.01. The first-order chi connectivity index (χ1) is 7.76. The predicted octanol–water partition coefficient (Wildman–Crippen LogP) is 2.56. The smallest absolute Gasteiger partial charge is 0.149 e. The number of halogens is 1. The minimum atomic E-state index is -0.313. The maximum atomic E-state index is 13.6. The largest absolute Gasteiger partial charge is 0.388 e. The molecule has 1 aromatic heterocycles. The molecule has 0 saturated carbocycles. The normalized spacial score (nSPS) is 10.7.